The minimum absolute atomic E-state index is 0.278. The third-order valence-corrected chi connectivity index (χ3v) is 4.79. The molecule has 0 spiro atoms. The van der Waals surface area contributed by atoms with E-state index in [-0.39, 0.29) is 5.75 Å². The lowest BCUT2D eigenvalue weighted by atomic mass is 10.1. The molecule has 2 aromatic carbocycles. The Hall–Kier alpha value is -2.40. The van der Waals surface area contributed by atoms with Crippen molar-refractivity contribution < 1.29 is 37.0 Å². The second-order valence-electron chi connectivity index (χ2n) is 6.43. The molecule has 0 atom stereocenters. The summed E-state index contributed by atoms with van der Waals surface area (Å²) >= 11 is 3.40. The monoisotopic (exact) mass is 496 g/mol. The summed E-state index contributed by atoms with van der Waals surface area (Å²) in [5.41, 5.74) is 1.30. The number of carboxylic acids is 1. The number of carboxylic acid groups (broad SMARTS) is 1. The average molecular weight is 497 g/mol. The molecule has 164 valence electrons. The third-order valence-electron chi connectivity index (χ3n) is 4.30. The molecule has 5 nitrogen and oxygen atoms in total. The fourth-order valence-corrected chi connectivity index (χ4v) is 3.21. The SMILES string of the molecule is O=C(O)C(F)(F)F.Oc1ccc(Br)cc1CN1CCN(c2ccc(F)cc2F)CC1. The number of hydrogen-bond donors (Lipinski definition) is 2. The van der Waals surface area contributed by atoms with Crippen molar-refractivity contribution in [2.24, 2.45) is 0 Å². The molecule has 0 unspecified atom stereocenters. The van der Waals surface area contributed by atoms with E-state index in [0.29, 0.717) is 25.3 Å². The average Bonchev–Trinajstić information content (AvgIpc) is 2.65. The van der Waals surface area contributed by atoms with Crippen LogP contribution < -0.4 is 4.90 Å². The quantitative estimate of drug-likeness (QED) is 0.617. The minimum Gasteiger partial charge on any atom is -0.508 e. The number of benzene rings is 2. The lowest BCUT2D eigenvalue weighted by molar-refractivity contribution is -0.192. The van der Waals surface area contributed by atoms with Crippen LogP contribution in [-0.2, 0) is 11.3 Å². The van der Waals surface area contributed by atoms with Gasteiger partial charge in [0.15, 0.2) is 0 Å². The van der Waals surface area contributed by atoms with Crippen LogP contribution in [0.3, 0.4) is 0 Å². The van der Waals surface area contributed by atoms with Gasteiger partial charge in [-0.05, 0) is 30.3 Å². The Morgan fingerprint density at radius 1 is 1.03 bits per heavy atom. The van der Waals surface area contributed by atoms with Gasteiger partial charge in [-0.3, -0.25) is 4.90 Å². The molecule has 1 saturated heterocycles. The van der Waals surface area contributed by atoms with Gasteiger partial charge >= 0.3 is 12.1 Å². The Morgan fingerprint density at radius 3 is 2.17 bits per heavy atom. The molecule has 11 heteroatoms. The maximum atomic E-state index is 13.8. The number of halogens is 6. The van der Waals surface area contributed by atoms with Crippen LogP contribution in [0.2, 0.25) is 0 Å². The van der Waals surface area contributed by atoms with Gasteiger partial charge in [0, 0.05) is 48.8 Å². The fraction of sp³-hybridized carbons (Fsp3) is 0.316. The molecule has 0 amide bonds. The summed E-state index contributed by atoms with van der Waals surface area (Å²) in [6, 6.07) is 9.06. The molecule has 1 fully saturated rings. The molecule has 0 radical (unpaired) electrons. The van der Waals surface area contributed by atoms with Crippen molar-refractivity contribution in [3.63, 3.8) is 0 Å². The second-order valence-corrected chi connectivity index (χ2v) is 7.35. The van der Waals surface area contributed by atoms with E-state index in [2.05, 4.69) is 20.8 Å². The van der Waals surface area contributed by atoms with E-state index in [4.69, 9.17) is 9.90 Å². The first-order valence-electron chi connectivity index (χ1n) is 8.67. The molecule has 30 heavy (non-hydrogen) atoms. The van der Waals surface area contributed by atoms with Crippen molar-refractivity contribution in [1.29, 1.82) is 0 Å². The fourth-order valence-electron chi connectivity index (χ4n) is 2.81. The topological polar surface area (TPSA) is 64.0 Å². The number of phenolic OH excluding ortho intramolecular Hbond substituents is 1. The van der Waals surface area contributed by atoms with Crippen LogP contribution in [0, 0.1) is 11.6 Å². The van der Waals surface area contributed by atoms with Gasteiger partial charge in [-0.1, -0.05) is 15.9 Å². The first kappa shape index (κ1) is 23.9. The summed E-state index contributed by atoms with van der Waals surface area (Å²) in [6.45, 7) is 3.48. The Kier molecular flexibility index (Phi) is 8.02. The maximum Gasteiger partial charge on any atom is 0.490 e. The highest BCUT2D eigenvalue weighted by molar-refractivity contribution is 9.10. The van der Waals surface area contributed by atoms with Crippen LogP contribution >= 0.6 is 15.9 Å². The number of rotatable bonds is 3. The molecule has 0 aliphatic carbocycles. The number of aromatic hydroxyl groups is 1. The molecule has 1 aliphatic rings. The molecule has 0 aromatic heterocycles. The van der Waals surface area contributed by atoms with E-state index >= 15 is 0 Å². The summed E-state index contributed by atoms with van der Waals surface area (Å²) in [7, 11) is 0. The van der Waals surface area contributed by atoms with Gasteiger partial charge in [-0.2, -0.15) is 13.2 Å². The number of aliphatic carboxylic acids is 1. The molecule has 1 heterocycles. The largest absolute Gasteiger partial charge is 0.508 e. The highest BCUT2D eigenvalue weighted by Gasteiger charge is 2.38. The zero-order valence-electron chi connectivity index (χ0n) is 15.5. The summed E-state index contributed by atoms with van der Waals surface area (Å²) < 4.78 is 59.5. The maximum absolute atomic E-state index is 13.8. The highest BCUT2D eigenvalue weighted by atomic mass is 79.9. The molecule has 0 bridgehead atoms. The van der Waals surface area contributed by atoms with Gasteiger partial charge in [0.05, 0.1) is 5.69 Å². The number of anilines is 1. The Bertz CT molecular complexity index is 887. The van der Waals surface area contributed by atoms with E-state index in [9.17, 15) is 27.1 Å². The van der Waals surface area contributed by atoms with Gasteiger partial charge in [0.1, 0.15) is 17.4 Å². The summed E-state index contributed by atoms with van der Waals surface area (Å²) in [4.78, 5) is 13.0. The van der Waals surface area contributed by atoms with Gasteiger partial charge in [-0.25, -0.2) is 13.6 Å². The first-order valence-corrected chi connectivity index (χ1v) is 9.46. The summed E-state index contributed by atoms with van der Waals surface area (Å²) in [6.07, 6.45) is -5.08. The number of piperazine rings is 1. The van der Waals surface area contributed by atoms with Crippen LogP contribution in [0.5, 0.6) is 5.75 Å². The molecule has 0 saturated carbocycles. The number of phenols is 1. The van der Waals surface area contributed by atoms with Crippen molar-refractivity contribution in [3.8, 4) is 5.75 Å². The van der Waals surface area contributed by atoms with Crippen LogP contribution in [0.1, 0.15) is 5.56 Å². The third kappa shape index (κ3) is 6.84. The van der Waals surface area contributed by atoms with Gasteiger partial charge in [-0.15, -0.1) is 0 Å². The predicted octanol–water partition coefficient (Wildman–Crippen LogP) is 4.39. The van der Waals surface area contributed by atoms with Crippen molar-refractivity contribution in [2.45, 2.75) is 12.7 Å². The number of alkyl halides is 3. The lowest BCUT2D eigenvalue weighted by Gasteiger charge is -2.36. The summed E-state index contributed by atoms with van der Waals surface area (Å²) in [5, 5.41) is 17.0. The van der Waals surface area contributed by atoms with E-state index in [1.54, 1.807) is 12.1 Å². The smallest absolute Gasteiger partial charge is 0.490 e. The molecular formula is C19H18BrF5N2O3. The van der Waals surface area contributed by atoms with Crippen molar-refractivity contribution in [1.82, 2.24) is 4.90 Å². The molecule has 1 aliphatic heterocycles. The molecule has 2 aromatic rings. The molecule has 3 rings (SSSR count). The predicted molar refractivity (Wildman–Crippen MR) is 103 cm³/mol. The standard InChI is InChI=1S/C17H17BrF2N2O.C2HF3O2/c18-13-1-4-17(23)12(9-13)11-21-5-7-22(8-6-21)16-3-2-14(19)10-15(16)20;3-2(4,5)1(6)7/h1-4,9-10,23H,5-8,11H2;(H,6,7). The van der Waals surface area contributed by atoms with Crippen molar-refractivity contribution >= 4 is 27.6 Å². The van der Waals surface area contributed by atoms with Crippen molar-refractivity contribution in [2.75, 3.05) is 31.1 Å². The summed E-state index contributed by atoms with van der Waals surface area (Å²) in [5.74, 6) is -3.56. The first-order chi connectivity index (χ1) is 14.0. The molecule has 2 N–H and O–H groups in total. The van der Waals surface area contributed by atoms with E-state index in [1.807, 2.05) is 11.0 Å². The van der Waals surface area contributed by atoms with Gasteiger partial charge < -0.3 is 15.1 Å². The Morgan fingerprint density at radius 2 is 1.63 bits per heavy atom. The van der Waals surface area contributed by atoms with Crippen LogP contribution in [0.25, 0.3) is 0 Å². The normalized spacial score (nSPS) is 14.8. The van der Waals surface area contributed by atoms with Gasteiger partial charge in [0.25, 0.3) is 0 Å². The number of hydrogen-bond acceptors (Lipinski definition) is 4. The molecular weight excluding hydrogens is 479 g/mol. The van der Waals surface area contributed by atoms with Gasteiger partial charge in [0.2, 0.25) is 0 Å². The van der Waals surface area contributed by atoms with E-state index in [0.717, 1.165) is 29.2 Å². The zero-order valence-corrected chi connectivity index (χ0v) is 17.1. The lowest BCUT2D eigenvalue weighted by Crippen LogP contribution is -2.46. The van der Waals surface area contributed by atoms with Crippen LogP contribution in [-0.4, -0.2) is 53.4 Å². The Balaban J connectivity index is 0.000000396. The second kappa shape index (κ2) is 10.1. The minimum atomic E-state index is -5.08. The Labute approximate surface area is 177 Å². The highest BCUT2D eigenvalue weighted by Crippen LogP contribution is 2.25. The number of carbonyl (C=O) groups is 1. The number of nitrogens with zero attached hydrogens (tertiary/aromatic N) is 2. The van der Waals surface area contributed by atoms with E-state index in [1.165, 1.54) is 12.1 Å². The zero-order chi connectivity index (χ0) is 22.5. The van der Waals surface area contributed by atoms with Crippen molar-refractivity contribution in [3.05, 3.63) is 58.1 Å². The van der Waals surface area contributed by atoms with Crippen LogP contribution in [0.4, 0.5) is 27.6 Å². The van der Waals surface area contributed by atoms with Crippen LogP contribution in [0.15, 0.2) is 40.9 Å². The van der Waals surface area contributed by atoms with E-state index < -0.39 is 23.8 Å².